The van der Waals surface area contributed by atoms with E-state index in [0.29, 0.717) is 10.7 Å². The standard InChI is InChI=1S/C15H17N5O4S2/c1-8-7-10-5-4-6-11(12(10)25-8)26(22,23)20-14(21)18-13-16-9(2)17-15(19-13)24-3/h4-6,8H,7H2,1-3H3,(H2,16,17,18,19,20,21). The van der Waals surface area contributed by atoms with E-state index in [1.54, 1.807) is 13.0 Å². The van der Waals surface area contributed by atoms with Crippen LogP contribution in [0.25, 0.3) is 0 Å². The predicted molar refractivity (Wildman–Crippen MR) is 95.9 cm³/mol. The molecule has 0 saturated carbocycles. The number of hydrogen-bond acceptors (Lipinski definition) is 8. The van der Waals surface area contributed by atoms with Gasteiger partial charge in [0.05, 0.1) is 7.11 Å². The Hall–Kier alpha value is -2.40. The van der Waals surface area contributed by atoms with Crippen molar-refractivity contribution in [2.24, 2.45) is 0 Å². The normalized spacial score (nSPS) is 16.0. The fourth-order valence-corrected chi connectivity index (χ4v) is 5.19. The van der Waals surface area contributed by atoms with Crippen LogP contribution in [0.1, 0.15) is 18.3 Å². The zero-order valence-corrected chi connectivity index (χ0v) is 15.9. The van der Waals surface area contributed by atoms with Crippen LogP contribution in [0.2, 0.25) is 0 Å². The summed E-state index contributed by atoms with van der Waals surface area (Å²) < 4.78 is 32.1. The fraction of sp³-hybridized carbons (Fsp3) is 0.333. The van der Waals surface area contributed by atoms with E-state index in [2.05, 4.69) is 20.3 Å². The number of amides is 2. The first-order valence-electron chi connectivity index (χ1n) is 7.67. The molecule has 138 valence electrons. The fourth-order valence-electron chi connectivity index (χ4n) is 2.53. The quantitative estimate of drug-likeness (QED) is 0.802. The summed E-state index contributed by atoms with van der Waals surface area (Å²) in [7, 11) is -2.67. The monoisotopic (exact) mass is 395 g/mol. The van der Waals surface area contributed by atoms with Crippen LogP contribution in [-0.2, 0) is 16.4 Å². The number of urea groups is 1. The number of carbonyl (C=O) groups excluding carboxylic acids is 1. The number of thioether (sulfide) groups is 1. The van der Waals surface area contributed by atoms with Gasteiger partial charge in [-0.15, -0.1) is 11.8 Å². The Labute approximate surface area is 155 Å². The van der Waals surface area contributed by atoms with Crippen molar-refractivity contribution in [3.05, 3.63) is 29.6 Å². The molecule has 1 aromatic carbocycles. The predicted octanol–water partition coefficient (Wildman–Crippen LogP) is 1.74. The molecule has 0 fully saturated rings. The van der Waals surface area contributed by atoms with Gasteiger partial charge >= 0.3 is 12.0 Å². The van der Waals surface area contributed by atoms with Gasteiger partial charge in [-0.1, -0.05) is 19.1 Å². The molecular weight excluding hydrogens is 378 g/mol. The van der Waals surface area contributed by atoms with E-state index in [9.17, 15) is 13.2 Å². The van der Waals surface area contributed by atoms with E-state index in [0.717, 1.165) is 12.0 Å². The maximum Gasteiger partial charge on any atom is 0.335 e. The lowest BCUT2D eigenvalue weighted by Gasteiger charge is -2.11. The summed E-state index contributed by atoms with van der Waals surface area (Å²) in [4.78, 5) is 24.6. The third kappa shape index (κ3) is 3.88. The van der Waals surface area contributed by atoms with E-state index in [1.807, 2.05) is 17.7 Å². The molecule has 0 spiro atoms. The molecule has 9 nitrogen and oxygen atoms in total. The van der Waals surface area contributed by atoms with Crippen LogP contribution in [-0.4, -0.2) is 41.8 Å². The lowest BCUT2D eigenvalue weighted by molar-refractivity contribution is 0.256. The number of hydrogen-bond donors (Lipinski definition) is 2. The van der Waals surface area contributed by atoms with Gasteiger partial charge in [0.2, 0.25) is 5.95 Å². The summed E-state index contributed by atoms with van der Waals surface area (Å²) in [6.07, 6.45) is 0.791. The zero-order chi connectivity index (χ0) is 18.9. The summed E-state index contributed by atoms with van der Waals surface area (Å²) >= 11 is 1.48. The molecule has 1 aliphatic heterocycles. The molecule has 0 bridgehead atoms. The summed E-state index contributed by atoms with van der Waals surface area (Å²) in [5, 5.41) is 2.57. The van der Waals surface area contributed by atoms with Crippen LogP contribution < -0.4 is 14.8 Å². The molecule has 1 atom stereocenters. The van der Waals surface area contributed by atoms with Crippen LogP contribution in [0.15, 0.2) is 28.0 Å². The van der Waals surface area contributed by atoms with Crippen molar-refractivity contribution in [2.75, 3.05) is 12.4 Å². The lowest BCUT2D eigenvalue weighted by atomic mass is 10.1. The molecule has 2 aromatic rings. The average molecular weight is 395 g/mol. The molecule has 0 aliphatic carbocycles. The number of ether oxygens (including phenoxy) is 1. The van der Waals surface area contributed by atoms with Crippen molar-refractivity contribution in [1.82, 2.24) is 19.7 Å². The van der Waals surface area contributed by atoms with Gasteiger partial charge in [0.25, 0.3) is 10.0 Å². The highest BCUT2D eigenvalue weighted by atomic mass is 32.2. The molecule has 1 aliphatic rings. The molecule has 1 unspecified atom stereocenters. The first-order valence-corrected chi connectivity index (χ1v) is 10.0. The van der Waals surface area contributed by atoms with E-state index in [-0.39, 0.29) is 22.1 Å². The number of aryl methyl sites for hydroxylation is 1. The van der Waals surface area contributed by atoms with Crippen molar-refractivity contribution in [2.45, 2.75) is 35.3 Å². The molecule has 11 heteroatoms. The number of methoxy groups -OCH3 is 1. The average Bonchev–Trinajstić information content (AvgIpc) is 2.93. The van der Waals surface area contributed by atoms with E-state index in [4.69, 9.17) is 4.74 Å². The Morgan fingerprint density at radius 2 is 2.08 bits per heavy atom. The Balaban J connectivity index is 1.80. The van der Waals surface area contributed by atoms with Gasteiger partial charge in [-0.05, 0) is 25.0 Å². The summed E-state index contributed by atoms with van der Waals surface area (Å²) in [6, 6.07) is 4.10. The van der Waals surface area contributed by atoms with Crippen molar-refractivity contribution >= 4 is 33.8 Å². The maximum atomic E-state index is 12.6. The lowest BCUT2D eigenvalue weighted by Crippen LogP contribution is -2.35. The second-order valence-electron chi connectivity index (χ2n) is 5.63. The number of benzene rings is 1. The Morgan fingerprint density at radius 3 is 2.81 bits per heavy atom. The Kier molecular flexibility index (Phi) is 5.01. The largest absolute Gasteiger partial charge is 0.467 e. The van der Waals surface area contributed by atoms with E-state index >= 15 is 0 Å². The van der Waals surface area contributed by atoms with E-state index in [1.165, 1.54) is 24.9 Å². The van der Waals surface area contributed by atoms with Crippen LogP contribution >= 0.6 is 11.8 Å². The van der Waals surface area contributed by atoms with Gasteiger partial charge in [-0.3, -0.25) is 5.32 Å². The van der Waals surface area contributed by atoms with Crippen molar-refractivity contribution in [3.63, 3.8) is 0 Å². The van der Waals surface area contributed by atoms with Gasteiger partial charge in [-0.2, -0.15) is 15.0 Å². The van der Waals surface area contributed by atoms with Gasteiger partial charge in [0, 0.05) is 10.1 Å². The summed E-state index contributed by atoms with van der Waals surface area (Å²) in [5.41, 5.74) is 0.962. The number of aromatic nitrogens is 3. The van der Waals surface area contributed by atoms with Crippen LogP contribution in [0.4, 0.5) is 10.7 Å². The highest BCUT2D eigenvalue weighted by molar-refractivity contribution is 8.01. The van der Waals surface area contributed by atoms with Gasteiger partial charge < -0.3 is 4.74 Å². The van der Waals surface area contributed by atoms with Gasteiger partial charge in [0.15, 0.2) is 0 Å². The summed E-state index contributed by atoms with van der Waals surface area (Å²) in [6.45, 7) is 3.62. The maximum absolute atomic E-state index is 12.6. The second kappa shape index (κ2) is 7.08. The second-order valence-corrected chi connectivity index (χ2v) is 8.73. The van der Waals surface area contributed by atoms with Gasteiger partial charge in [-0.25, -0.2) is 17.9 Å². The SMILES string of the molecule is COc1nc(C)nc(NC(=O)NS(=O)(=O)c2cccc3c2SC(C)C3)n1. The van der Waals surface area contributed by atoms with Crippen LogP contribution in [0, 0.1) is 6.92 Å². The molecule has 0 saturated heterocycles. The molecule has 26 heavy (non-hydrogen) atoms. The minimum absolute atomic E-state index is 0.0157. The molecule has 0 radical (unpaired) electrons. The molecule has 3 rings (SSSR count). The minimum Gasteiger partial charge on any atom is -0.467 e. The summed E-state index contributed by atoms with van der Waals surface area (Å²) in [5.74, 6) is 0.213. The van der Waals surface area contributed by atoms with Crippen molar-refractivity contribution in [3.8, 4) is 6.01 Å². The van der Waals surface area contributed by atoms with Crippen LogP contribution in [0.5, 0.6) is 6.01 Å². The van der Waals surface area contributed by atoms with Crippen molar-refractivity contribution < 1.29 is 17.9 Å². The number of rotatable bonds is 4. The number of fused-ring (bicyclic) bond motifs is 1. The number of nitrogens with zero attached hydrogens (tertiary/aromatic N) is 3. The Bertz CT molecular complexity index is 965. The van der Waals surface area contributed by atoms with Crippen molar-refractivity contribution in [1.29, 1.82) is 0 Å². The topological polar surface area (TPSA) is 123 Å². The number of sulfonamides is 1. The minimum atomic E-state index is -4.04. The number of carbonyl (C=O) groups is 1. The van der Waals surface area contributed by atoms with Gasteiger partial charge in [0.1, 0.15) is 10.7 Å². The molecule has 2 amide bonds. The molecule has 1 aromatic heterocycles. The Morgan fingerprint density at radius 1 is 1.31 bits per heavy atom. The number of nitrogens with one attached hydrogen (secondary N) is 2. The first-order chi connectivity index (χ1) is 12.3. The third-order valence-electron chi connectivity index (χ3n) is 3.54. The van der Waals surface area contributed by atoms with Crippen LogP contribution in [0.3, 0.4) is 0 Å². The first kappa shape index (κ1) is 18.4. The highest BCUT2D eigenvalue weighted by Crippen LogP contribution is 2.40. The smallest absolute Gasteiger partial charge is 0.335 e. The van der Waals surface area contributed by atoms with E-state index < -0.39 is 16.1 Å². The molecular formula is C15H17N5O4S2. The molecule has 2 N–H and O–H groups in total. The molecule has 2 heterocycles. The third-order valence-corrected chi connectivity index (χ3v) is 6.33. The number of anilines is 1. The highest BCUT2D eigenvalue weighted by Gasteiger charge is 2.28. The zero-order valence-electron chi connectivity index (χ0n) is 14.3.